The molecule has 2 N–H and O–H groups in total. The number of imidazole rings is 1. The molecule has 1 aromatic heterocycles. The largest absolute Gasteiger partial charge is 0.351 e. The number of nitrogens with zero attached hydrogens (tertiary/aromatic N) is 3. The van der Waals surface area contributed by atoms with Crippen LogP contribution in [-0.4, -0.2) is 50.8 Å². The van der Waals surface area contributed by atoms with E-state index >= 15 is 0 Å². The van der Waals surface area contributed by atoms with Crippen molar-refractivity contribution in [1.29, 1.82) is 0 Å². The zero-order valence-corrected chi connectivity index (χ0v) is 19.7. The lowest BCUT2D eigenvalue weighted by molar-refractivity contribution is -0.133. The van der Waals surface area contributed by atoms with Gasteiger partial charge >= 0.3 is 0 Å². The Balaban J connectivity index is 1.81. The summed E-state index contributed by atoms with van der Waals surface area (Å²) in [6, 6.07) is 5.88. The Bertz CT molecular complexity index is 1020. The summed E-state index contributed by atoms with van der Waals surface area (Å²) in [5.74, 6) is -1.01. The van der Waals surface area contributed by atoms with Gasteiger partial charge in [-0.15, -0.1) is 0 Å². The molecular formula is C24H32FN5O3. The van der Waals surface area contributed by atoms with Crippen LogP contribution in [0, 0.1) is 11.7 Å². The monoisotopic (exact) mass is 457 g/mol. The third-order valence-corrected chi connectivity index (χ3v) is 5.88. The molecule has 0 unspecified atom stereocenters. The fourth-order valence-corrected chi connectivity index (χ4v) is 3.96. The van der Waals surface area contributed by atoms with Gasteiger partial charge in [0.2, 0.25) is 5.91 Å². The first-order valence-corrected chi connectivity index (χ1v) is 11.4. The molecule has 0 radical (unpaired) electrons. The van der Waals surface area contributed by atoms with Crippen molar-refractivity contribution in [3.05, 3.63) is 53.4 Å². The second kappa shape index (κ2) is 10.1. The smallest absolute Gasteiger partial charge is 0.273 e. The number of rotatable bonds is 9. The lowest BCUT2D eigenvalue weighted by Crippen LogP contribution is -2.64. The number of halogens is 1. The van der Waals surface area contributed by atoms with Crippen molar-refractivity contribution in [3.8, 4) is 0 Å². The Morgan fingerprint density at radius 3 is 2.55 bits per heavy atom. The van der Waals surface area contributed by atoms with Gasteiger partial charge in [-0.2, -0.15) is 0 Å². The molecule has 2 aromatic rings. The highest BCUT2D eigenvalue weighted by Gasteiger charge is 2.48. The number of hydrogen-bond acceptors (Lipinski definition) is 4. The molecule has 0 aliphatic carbocycles. The first-order chi connectivity index (χ1) is 15.7. The molecule has 178 valence electrons. The van der Waals surface area contributed by atoms with Gasteiger partial charge in [-0.1, -0.05) is 32.9 Å². The fraction of sp³-hybridized carbons (Fsp3) is 0.500. The van der Waals surface area contributed by atoms with Crippen LogP contribution in [0.3, 0.4) is 0 Å². The first-order valence-electron chi connectivity index (χ1n) is 11.4. The standard InChI is InChI=1S/C24H32FN5O3/c1-5-12-30-22(32)20-19(21(31)26-11-10-16(2)3)28-15-29(20)14-24(30,4)23(33)27-13-17-6-8-18(25)9-7-17/h6-9,15-16H,5,10-14H2,1-4H3,(H,26,31)(H,27,33)/t24-/m0/s1. The Kier molecular flexibility index (Phi) is 7.50. The van der Waals surface area contributed by atoms with Crippen LogP contribution in [0.2, 0.25) is 0 Å². The molecular weight excluding hydrogens is 425 g/mol. The molecule has 0 saturated heterocycles. The molecule has 0 bridgehead atoms. The van der Waals surface area contributed by atoms with E-state index in [-0.39, 0.29) is 36.2 Å². The van der Waals surface area contributed by atoms with Gasteiger partial charge in [-0.3, -0.25) is 14.4 Å². The Morgan fingerprint density at radius 2 is 1.91 bits per heavy atom. The minimum Gasteiger partial charge on any atom is -0.351 e. The maximum Gasteiger partial charge on any atom is 0.273 e. The molecule has 3 amide bonds. The van der Waals surface area contributed by atoms with Crippen molar-refractivity contribution >= 4 is 17.7 Å². The van der Waals surface area contributed by atoms with E-state index in [4.69, 9.17) is 0 Å². The topological polar surface area (TPSA) is 96.3 Å². The van der Waals surface area contributed by atoms with Crippen LogP contribution in [0.1, 0.15) is 67.1 Å². The van der Waals surface area contributed by atoms with Gasteiger partial charge in [0.25, 0.3) is 11.8 Å². The lowest BCUT2D eigenvalue weighted by atomic mass is 9.93. The van der Waals surface area contributed by atoms with E-state index in [1.165, 1.54) is 23.4 Å². The number of benzene rings is 1. The number of amides is 3. The van der Waals surface area contributed by atoms with Gasteiger partial charge in [0, 0.05) is 19.6 Å². The first kappa shape index (κ1) is 24.4. The van der Waals surface area contributed by atoms with Crippen LogP contribution >= 0.6 is 0 Å². The highest BCUT2D eigenvalue weighted by Crippen LogP contribution is 2.29. The summed E-state index contributed by atoms with van der Waals surface area (Å²) in [7, 11) is 0. The average molecular weight is 458 g/mol. The number of fused-ring (bicyclic) bond motifs is 1. The molecule has 0 saturated carbocycles. The molecule has 3 rings (SSSR count). The van der Waals surface area contributed by atoms with E-state index in [0.717, 1.165) is 12.0 Å². The molecule has 1 atom stereocenters. The van der Waals surface area contributed by atoms with E-state index in [9.17, 15) is 18.8 Å². The summed E-state index contributed by atoms with van der Waals surface area (Å²) >= 11 is 0. The maximum atomic E-state index is 13.5. The normalized spacial score (nSPS) is 17.8. The van der Waals surface area contributed by atoms with E-state index in [1.807, 2.05) is 6.92 Å². The van der Waals surface area contributed by atoms with Crippen LogP contribution in [0.25, 0.3) is 0 Å². The summed E-state index contributed by atoms with van der Waals surface area (Å²) in [6.07, 6.45) is 2.92. The molecule has 1 aromatic carbocycles. The van der Waals surface area contributed by atoms with Crippen molar-refractivity contribution in [2.75, 3.05) is 13.1 Å². The minimum atomic E-state index is -1.16. The van der Waals surface area contributed by atoms with Gasteiger partial charge in [-0.25, -0.2) is 9.37 Å². The Morgan fingerprint density at radius 1 is 1.21 bits per heavy atom. The molecule has 0 fully saturated rings. The molecule has 33 heavy (non-hydrogen) atoms. The quantitative estimate of drug-likeness (QED) is 0.605. The summed E-state index contributed by atoms with van der Waals surface area (Å²) in [5, 5.41) is 5.70. The van der Waals surface area contributed by atoms with Gasteiger partial charge in [-0.05, 0) is 43.4 Å². The molecule has 9 heteroatoms. The third kappa shape index (κ3) is 5.23. The third-order valence-electron chi connectivity index (χ3n) is 5.88. The average Bonchev–Trinajstić information content (AvgIpc) is 3.19. The molecule has 8 nitrogen and oxygen atoms in total. The zero-order chi connectivity index (χ0) is 24.2. The second-order valence-electron chi connectivity index (χ2n) is 9.05. The van der Waals surface area contributed by atoms with E-state index < -0.39 is 17.4 Å². The second-order valence-corrected chi connectivity index (χ2v) is 9.05. The molecule has 2 heterocycles. The minimum absolute atomic E-state index is 0.0821. The predicted octanol–water partition coefficient (Wildman–Crippen LogP) is 2.74. The summed E-state index contributed by atoms with van der Waals surface area (Å²) in [6.45, 7) is 9.02. The number of carbonyl (C=O) groups excluding carboxylic acids is 3. The Hall–Kier alpha value is -3.23. The SMILES string of the molecule is CCCN1C(=O)c2c(C(=O)NCCC(C)C)ncn2C[C@@]1(C)C(=O)NCc1ccc(F)cc1. The van der Waals surface area contributed by atoms with Crippen LogP contribution in [0.4, 0.5) is 4.39 Å². The van der Waals surface area contributed by atoms with Crippen molar-refractivity contribution in [2.45, 2.75) is 59.2 Å². The zero-order valence-electron chi connectivity index (χ0n) is 19.7. The van der Waals surface area contributed by atoms with Gasteiger partial charge in [0.05, 0.1) is 12.9 Å². The van der Waals surface area contributed by atoms with Gasteiger partial charge in [0.1, 0.15) is 17.1 Å². The number of nitrogens with one attached hydrogen (secondary N) is 2. The van der Waals surface area contributed by atoms with Crippen LogP contribution in [-0.2, 0) is 17.9 Å². The molecule has 0 spiro atoms. The summed E-state index contributed by atoms with van der Waals surface area (Å²) < 4.78 is 14.7. The fourth-order valence-electron chi connectivity index (χ4n) is 3.96. The van der Waals surface area contributed by atoms with Crippen molar-refractivity contribution < 1.29 is 18.8 Å². The van der Waals surface area contributed by atoms with E-state index in [1.54, 1.807) is 23.6 Å². The van der Waals surface area contributed by atoms with E-state index in [2.05, 4.69) is 29.5 Å². The predicted molar refractivity (Wildman–Crippen MR) is 122 cm³/mol. The maximum absolute atomic E-state index is 13.5. The highest BCUT2D eigenvalue weighted by atomic mass is 19.1. The van der Waals surface area contributed by atoms with Crippen LogP contribution in [0.15, 0.2) is 30.6 Å². The molecule has 1 aliphatic rings. The number of aromatic nitrogens is 2. The van der Waals surface area contributed by atoms with Gasteiger partial charge in [0.15, 0.2) is 5.69 Å². The lowest BCUT2D eigenvalue weighted by Gasteiger charge is -2.43. The number of hydrogen-bond donors (Lipinski definition) is 2. The van der Waals surface area contributed by atoms with Gasteiger partial charge < -0.3 is 20.1 Å². The van der Waals surface area contributed by atoms with Crippen LogP contribution in [0.5, 0.6) is 0 Å². The Labute approximate surface area is 193 Å². The van der Waals surface area contributed by atoms with Crippen molar-refractivity contribution in [2.24, 2.45) is 5.92 Å². The molecule has 1 aliphatic heterocycles. The van der Waals surface area contributed by atoms with Crippen molar-refractivity contribution in [3.63, 3.8) is 0 Å². The summed E-state index contributed by atoms with van der Waals surface area (Å²) in [5.41, 5.74) is -0.124. The van der Waals surface area contributed by atoms with Crippen molar-refractivity contribution in [1.82, 2.24) is 25.1 Å². The van der Waals surface area contributed by atoms with E-state index in [0.29, 0.717) is 25.4 Å². The number of carbonyl (C=O) groups is 3. The van der Waals surface area contributed by atoms with Crippen LogP contribution < -0.4 is 10.6 Å². The summed E-state index contributed by atoms with van der Waals surface area (Å²) in [4.78, 5) is 45.1. The highest BCUT2D eigenvalue weighted by molar-refractivity contribution is 6.07.